The Morgan fingerprint density at radius 3 is 2.78 bits per heavy atom. The van der Waals surface area contributed by atoms with Crippen molar-refractivity contribution >= 4 is 16.9 Å². The average Bonchev–Trinajstić information content (AvgIpc) is 3.64. The number of amides is 2. The van der Waals surface area contributed by atoms with Crippen molar-refractivity contribution in [3.8, 4) is 11.6 Å². The molecule has 1 heterocycles. The van der Waals surface area contributed by atoms with Gasteiger partial charge < -0.3 is 29.5 Å². The average molecular weight is 444 g/mol. The first-order valence-electron chi connectivity index (χ1n) is 11.6. The summed E-state index contributed by atoms with van der Waals surface area (Å²) in [4.78, 5) is 19.1. The number of hydrogen-bond acceptors (Lipinski definition) is 6. The van der Waals surface area contributed by atoms with E-state index in [2.05, 4.69) is 10.3 Å². The molecule has 0 spiro atoms. The fourth-order valence-electron chi connectivity index (χ4n) is 4.28. The summed E-state index contributed by atoms with van der Waals surface area (Å²) in [5.74, 6) is 1.28. The van der Waals surface area contributed by atoms with Gasteiger partial charge >= 0.3 is 6.03 Å². The highest BCUT2D eigenvalue weighted by Crippen LogP contribution is 2.34. The molecule has 2 aliphatic carbocycles. The van der Waals surface area contributed by atoms with Crippen molar-refractivity contribution in [2.24, 2.45) is 0 Å². The van der Waals surface area contributed by atoms with Crippen molar-refractivity contribution < 1.29 is 24.1 Å². The molecule has 174 valence electrons. The number of rotatable bonds is 10. The van der Waals surface area contributed by atoms with Crippen LogP contribution in [0.25, 0.3) is 10.9 Å². The zero-order valence-electron chi connectivity index (χ0n) is 18.7. The largest absolute Gasteiger partial charge is 0.494 e. The Bertz CT molecular complexity index is 904. The van der Waals surface area contributed by atoms with Crippen LogP contribution in [0.5, 0.6) is 11.6 Å². The molecular formula is C24H33N3O5. The molecule has 8 nitrogen and oxygen atoms in total. The summed E-state index contributed by atoms with van der Waals surface area (Å²) in [7, 11) is 1.57. The van der Waals surface area contributed by atoms with E-state index in [0.717, 1.165) is 55.2 Å². The fraction of sp³-hybridized carbons (Fsp3) is 0.583. The molecule has 0 saturated heterocycles. The zero-order valence-corrected chi connectivity index (χ0v) is 18.7. The monoisotopic (exact) mass is 443 g/mol. The van der Waals surface area contributed by atoms with Crippen LogP contribution in [0.4, 0.5) is 4.79 Å². The molecule has 0 unspecified atom stereocenters. The Kier molecular flexibility index (Phi) is 7.65. The molecular weight excluding hydrogens is 410 g/mol. The van der Waals surface area contributed by atoms with E-state index >= 15 is 0 Å². The zero-order chi connectivity index (χ0) is 22.3. The standard InChI is InChI=1S/C24H33N3O5/c1-30-16-32-23-12-7-17-15-19(10-11-20(17)26-23)31-14-4-13-25-24(29)27(18-8-9-18)21-5-2-3-6-22(21)28/h7,10-12,15,18,21-22,28H,2-6,8-9,13-14,16H2,1H3,(H,25,29)/t21-,22-/m1/s1. The second kappa shape index (κ2) is 10.8. The number of urea groups is 1. The molecule has 1 aromatic heterocycles. The normalized spacial score (nSPS) is 20.7. The predicted octanol–water partition coefficient (Wildman–Crippen LogP) is 3.46. The van der Waals surface area contributed by atoms with Crippen LogP contribution >= 0.6 is 0 Å². The van der Waals surface area contributed by atoms with Gasteiger partial charge in [0.25, 0.3) is 0 Å². The van der Waals surface area contributed by atoms with Crippen molar-refractivity contribution in [3.63, 3.8) is 0 Å². The number of aliphatic hydroxyl groups excluding tert-OH is 1. The maximum atomic E-state index is 12.8. The molecule has 0 aliphatic heterocycles. The molecule has 2 aliphatic rings. The quantitative estimate of drug-likeness (QED) is 0.432. The molecule has 2 atom stereocenters. The highest BCUT2D eigenvalue weighted by molar-refractivity contribution is 5.80. The van der Waals surface area contributed by atoms with Gasteiger partial charge in [0.15, 0.2) is 6.79 Å². The second-order valence-electron chi connectivity index (χ2n) is 8.55. The van der Waals surface area contributed by atoms with E-state index in [0.29, 0.717) is 25.5 Å². The lowest BCUT2D eigenvalue weighted by molar-refractivity contribution is 0.0333. The van der Waals surface area contributed by atoms with Gasteiger partial charge in [0.05, 0.1) is 24.3 Å². The number of pyridine rings is 1. The summed E-state index contributed by atoms with van der Waals surface area (Å²) < 4.78 is 16.1. The van der Waals surface area contributed by atoms with Crippen LogP contribution in [-0.4, -0.2) is 66.3 Å². The minimum absolute atomic E-state index is 0.0425. The Morgan fingerprint density at radius 1 is 1.16 bits per heavy atom. The van der Waals surface area contributed by atoms with E-state index in [9.17, 15) is 9.90 Å². The summed E-state index contributed by atoms with van der Waals surface area (Å²) in [6.45, 7) is 1.21. The fourth-order valence-corrected chi connectivity index (χ4v) is 4.28. The first kappa shape index (κ1) is 22.6. The number of hydrogen-bond donors (Lipinski definition) is 2. The van der Waals surface area contributed by atoms with Gasteiger partial charge in [-0.05, 0) is 56.4 Å². The van der Waals surface area contributed by atoms with Crippen LogP contribution < -0.4 is 14.8 Å². The number of carbonyl (C=O) groups excluding carboxylic acids is 1. The van der Waals surface area contributed by atoms with Crippen molar-refractivity contribution in [1.29, 1.82) is 0 Å². The number of methoxy groups -OCH3 is 1. The van der Waals surface area contributed by atoms with Crippen LogP contribution in [0.1, 0.15) is 44.9 Å². The Morgan fingerprint density at radius 2 is 2.00 bits per heavy atom. The van der Waals surface area contributed by atoms with E-state index in [1.165, 1.54) is 0 Å². The number of aromatic nitrogens is 1. The van der Waals surface area contributed by atoms with Crippen LogP contribution in [0, 0.1) is 0 Å². The van der Waals surface area contributed by atoms with E-state index in [-0.39, 0.29) is 24.9 Å². The van der Waals surface area contributed by atoms with Gasteiger partial charge in [-0.1, -0.05) is 12.8 Å². The van der Waals surface area contributed by atoms with Crippen molar-refractivity contribution in [2.75, 3.05) is 27.1 Å². The van der Waals surface area contributed by atoms with E-state index < -0.39 is 6.10 Å². The van der Waals surface area contributed by atoms with Gasteiger partial charge in [-0.3, -0.25) is 0 Å². The van der Waals surface area contributed by atoms with E-state index in [1.54, 1.807) is 13.2 Å². The van der Waals surface area contributed by atoms with Crippen molar-refractivity contribution in [3.05, 3.63) is 30.3 Å². The van der Waals surface area contributed by atoms with E-state index in [1.807, 2.05) is 29.2 Å². The van der Waals surface area contributed by atoms with Crippen LogP contribution in [0.15, 0.2) is 30.3 Å². The van der Waals surface area contributed by atoms with Crippen molar-refractivity contribution in [2.45, 2.75) is 63.1 Å². The summed E-state index contributed by atoms with van der Waals surface area (Å²) in [5, 5.41) is 14.4. The predicted molar refractivity (Wildman–Crippen MR) is 121 cm³/mol. The number of fused-ring (bicyclic) bond motifs is 1. The Hall–Kier alpha value is -2.58. The maximum absolute atomic E-state index is 12.8. The van der Waals surface area contributed by atoms with Crippen LogP contribution in [-0.2, 0) is 4.74 Å². The number of ether oxygens (including phenoxy) is 3. The lowest BCUT2D eigenvalue weighted by atomic mass is 9.91. The minimum Gasteiger partial charge on any atom is -0.494 e. The minimum atomic E-state index is -0.400. The highest BCUT2D eigenvalue weighted by Gasteiger charge is 2.40. The summed E-state index contributed by atoms with van der Waals surface area (Å²) in [6, 6.07) is 9.65. The van der Waals surface area contributed by atoms with Gasteiger partial charge in [0.2, 0.25) is 5.88 Å². The topological polar surface area (TPSA) is 93.2 Å². The lowest BCUT2D eigenvalue weighted by Crippen LogP contribution is -2.53. The van der Waals surface area contributed by atoms with Gasteiger partial charge in [-0.2, -0.15) is 0 Å². The highest BCUT2D eigenvalue weighted by atomic mass is 16.7. The molecule has 8 heteroatoms. The van der Waals surface area contributed by atoms with Crippen LogP contribution in [0.3, 0.4) is 0 Å². The smallest absolute Gasteiger partial charge is 0.317 e. The van der Waals surface area contributed by atoms with Gasteiger partial charge in [-0.25, -0.2) is 9.78 Å². The summed E-state index contributed by atoms with van der Waals surface area (Å²) in [6.07, 6.45) is 6.19. The molecule has 0 radical (unpaired) electrons. The number of nitrogens with zero attached hydrogens (tertiary/aromatic N) is 2. The second-order valence-corrected chi connectivity index (χ2v) is 8.55. The molecule has 2 saturated carbocycles. The molecule has 2 N–H and O–H groups in total. The van der Waals surface area contributed by atoms with Crippen LogP contribution in [0.2, 0.25) is 0 Å². The third kappa shape index (κ3) is 5.81. The number of carbonyl (C=O) groups is 1. The molecule has 0 bridgehead atoms. The maximum Gasteiger partial charge on any atom is 0.317 e. The third-order valence-electron chi connectivity index (χ3n) is 6.05. The SMILES string of the molecule is COCOc1ccc2cc(OCCCNC(=O)N(C3CC3)[C@@H]3CCCC[C@H]3O)ccc2n1. The number of nitrogens with one attached hydrogen (secondary N) is 1. The summed E-state index contributed by atoms with van der Waals surface area (Å²) >= 11 is 0. The lowest BCUT2D eigenvalue weighted by Gasteiger charge is -2.37. The molecule has 2 amide bonds. The third-order valence-corrected chi connectivity index (χ3v) is 6.05. The first-order valence-corrected chi connectivity index (χ1v) is 11.6. The Labute approximate surface area is 188 Å². The molecule has 4 rings (SSSR count). The molecule has 2 fully saturated rings. The van der Waals surface area contributed by atoms with Gasteiger partial charge in [-0.15, -0.1) is 0 Å². The molecule has 1 aromatic carbocycles. The molecule has 2 aromatic rings. The Balaban J connectivity index is 1.22. The van der Waals surface area contributed by atoms with Gasteiger partial charge in [0.1, 0.15) is 5.75 Å². The summed E-state index contributed by atoms with van der Waals surface area (Å²) in [5.41, 5.74) is 0.822. The van der Waals surface area contributed by atoms with Crippen molar-refractivity contribution in [1.82, 2.24) is 15.2 Å². The van der Waals surface area contributed by atoms with Gasteiger partial charge in [0, 0.05) is 31.1 Å². The number of aliphatic hydroxyl groups is 1. The molecule has 32 heavy (non-hydrogen) atoms. The van der Waals surface area contributed by atoms with E-state index in [4.69, 9.17) is 14.2 Å². The number of benzene rings is 1. The first-order chi connectivity index (χ1) is 15.7.